The number of hydrogen-bond acceptors (Lipinski definition) is 4. The van der Waals surface area contributed by atoms with Crippen LogP contribution in [0.15, 0.2) is 72.9 Å². The van der Waals surface area contributed by atoms with E-state index in [1.807, 2.05) is 91.8 Å². The summed E-state index contributed by atoms with van der Waals surface area (Å²) in [5.74, 6) is 1.97. The zero-order valence-corrected chi connectivity index (χ0v) is 13.2. The Hall–Kier alpha value is -3.01. The zero-order valence-electron chi connectivity index (χ0n) is 13.2. The number of nitrogens with zero attached hydrogens (tertiary/aromatic N) is 4. The second kappa shape index (κ2) is 6.83. The summed E-state index contributed by atoms with van der Waals surface area (Å²) in [6, 6.07) is 19.9. The fourth-order valence-electron chi connectivity index (χ4n) is 2.25. The van der Waals surface area contributed by atoms with E-state index in [-0.39, 0.29) is 0 Å². The quantitative estimate of drug-likeness (QED) is 0.725. The third kappa shape index (κ3) is 3.43. The van der Waals surface area contributed by atoms with Crippen LogP contribution < -0.4 is 4.90 Å². The molecule has 0 aliphatic heterocycles. The first-order valence-electron chi connectivity index (χ1n) is 7.50. The summed E-state index contributed by atoms with van der Waals surface area (Å²) in [6.45, 7) is 1.97. The lowest BCUT2D eigenvalue weighted by molar-refractivity contribution is 0.993. The van der Waals surface area contributed by atoms with Crippen molar-refractivity contribution >= 4 is 5.95 Å². The molecular formula is C19H18N4. The largest absolute Gasteiger partial charge is 0.320 e. The van der Waals surface area contributed by atoms with Crippen LogP contribution in [-0.4, -0.2) is 22.0 Å². The molecular weight excluding hydrogens is 284 g/mol. The molecule has 4 nitrogen and oxygen atoms in total. The molecule has 0 aliphatic carbocycles. The molecule has 0 N–H and O–H groups in total. The van der Waals surface area contributed by atoms with Crippen LogP contribution in [0.4, 0.5) is 5.95 Å². The molecule has 0 aliphatic rings. The SMILES string of the molecule is C/C=C/N(C)c1nc(-c2ccccc2)nc(-c2ccccc2)n1. The molecule has 2 aromatic carbocycles. The van der Waals surface area contributed by atoms with Crippen LogP contribution in [0.25, 0.3) is 22.8 Å². The minimum absolute atomic E-state index is 0.621. The molecule has 114 valence electrons. The summed E-state index contributed by atoms with van der Waals surface area (Å²) in [4.78, 5) is 15.7. The monoisotopic (exact) mass is 302 g/mol. The first kappa shape index (κ1) is 14.9. The summed E-state index contributed by atoms with van der Waals surface area (Å²) >= 11 is 0. The number of rotatable bonds is 4. The molecule has 3 rings (SSSR count). The van der Waals surface area contributed by atoms with Crippen molar-refractivity contribution in [2.24, 2.45) is 0 Å². The maximum atomic E-state index is 4.64. The fraction of sp³-hybridized carbons (Fsp3) is 0.105. The lowest BCUT2D eigenvalue weighted by Crippen LogP contribution is -2.13. The minimum Gasteiger partial charge on any atom is -0.320 e. The molecule has 0 saturated heterocycles. The topological polar surface area (TPSA) is 41.9 Å². The van der Waals surface area contributed by atoms with Crippen LogP contribution >= 0.6 is 0 Å². The van der Waals surface area contributed by atoms with Crippen molar-refractivity contribution in [3.05, 3.63) is 72.9 Å². The Morgan fingerprint density at radius 2 is 1.22 bits per heavy atom. The third-order valence-corrected chi connectivity index (χ3v) is 3.38. The van der Waals surface area contributed by atoms with E-state index in [0.717, 1.165) is 11.1 Å². The lowest BCUT2D eigenvalue weighted by atomic mass is 10.2. The van der Waals surface area contributed by atoms with Crippen molar-refractivity contribution in [1.82, 2.24) is 15.0 Å². The number of allylic oxidation sites excluding steroid dienone is 1. The van der Waals surface area contributed by atoms with Gasteiger partial charge in [-0.2, -0.15) is 9.97 Å². The Kier molecular flexibility index (Phi) is 4.43. The van der Waals surface area contributed by atoms with Gasteiger partial charge >= 0.3 is 0 Å². The van der Waals surface area contributed by atoms with Crippen LogP contribution in [0.1, 0.15) is 6.92 Å². The van der Waals surface area contributed by atoms with Crippen LogP contribution in [0.3, 0.4) is 0 Å². The minimum atomic E-state index is 0.621. The van der Waals surface area contributed by atoms with E-state index in [1.165, 1.54) is 0 Å². The molecule has 23 heavy (non-hydrogen) atoms. The standard InChI is InChI=1S/C19H18N4/c1-3-14-23(2)19-21-17(15-10-6-4-7-11-15)20-18(22-19)16-12-8-5-9-13-16/h3-14H,1-2H3/b14-3+. The van der Waals surface area contributed by atoms with Gasteiger partial charge in [0.05, 0.1) is 0 Å². The molecule has 0 spiro atoms. The molecule has 0 unspecified atom stereocenters. The Morgan fingerprint density at radius 1 is 0.739 bits per heavy atom. The predicted octanol–water partition coefficient (Wildman–Crippen LogP) is 4.18. The maximum Gasteiger partial charge on any atom is 0.233 e. The van der Waals surface area contributed by atoms with Gasteiger partial charge in [-0.3, -0.25) is 0 Å². The first-order valence-corrected chi connectivity index (χ1v) is 7.50. The van der Waals surface area contributed by atoms with Crippen LogP contribution in [-0.2, 0) is 0 Å². The summed E-state index contributed by atoms with van der Waals surface area (Å²) in [5.41, 5.74) is 1.95. The van der Waals surface area contributed by atoms with E-state index in [1.54, 1.807) is 0 Å². The molecule has 0 fully saturated rings. The zero-order chi connectivity index (χ0) is 16.1. The summed E-state index contributed by atoms with van der Waals surface area (Å²) in [7, 11) is 1.93. The Morgan fingerprint density at radius 3 is 1.65 bits per heavy atom. The summed E-state index contributed by atoms with van der Waals surface area (Å²) in [6.07, 6.45) is 3.88. The van der Waals surface area contributed by atoms with Gasteiger partial charge in [-0.05, 0) is 6.92 Å². The van der Waals surface area contributed by atoms with Gasteiger partial charge in [-0.15, -0.1) is 0 Å². The predicted molar refractivity (Wildman–Crippen MR) is 93.9 cm³/mol. The number of anilines is 1. The normalized spacial score (nSPS) is 10.9. The van der Waals surface area contributed by atoms with Crippen molar-refractivity contribution in [3.8, 4) is 22.8 Å². The number of hydrogen-bond donors (Lipinski definition) is 0. The molecule has 0 amide bonds. The van der Waals surface area contributed by atoms with Crippen molar-refractivity contribution in [1.29, 1.82) is 0 Å². The van der Waals surface area contributed by atoms with Crippen molar-refractivity contribution in [3.63, 3.8) is 0 Å². The highest BCUT2D eigenvalue weighted by atomic mass is 15.2. The summed E-state index contributed by atoms with van der Waals surface area (Å²) < 4.78 is 0. The Labute approximate surface area is 136 Å². The van der Waals surface area contributed by atoms with Crippen LogP contribution in [0, 0.1) is 0 Å². The average Bonchev–Trinajstić information content (AvgIpc) is 2.63. The van der Waals surface area contributed by atoms with E-state index >= 15 is 0 Å². The van der Waals surface area contributed by atoms with E-state index < -0.39 is 0 Å². The number of benzene rings is 2. The molecule has 0 radical (unpaired) electrons. The molecule has 0 atom stereocenters. The van der Waals surface area contributed by atoms with Crippen LogP contribution in [0.5, 0.6) is 0 Å². The highest BCUT2D eigenvalue weighted by Gasteiger charge is 2.11. The van der Waals surface area contributed by atoms with Gasteiger partial charge in [0.15, 0.2) is 11.6 Å². The molecule has 1 heterocycles. The molecule has 0 bridgehead atoms. The van der Waals surface area contributed by atoms with Gasteiger partial charge in [0.2, 0.25) is 5.95 Å². The van der Waals surface area contributed by atoms with Gasteiger partial charge in [-0.25, -0.2) is 4.98 Å². The van der Waals surface area contributed by atoms with E-state index in [0.29, 0.717) is 17.6 Å². The van der Waals surface area contributed by atoms with Crippen molar-refractivity contribution in [2.45, 2.75) is 6.92 Å². The van der Waals surface area contributed by atoms with Crippen molar-refractivity contribution < 1.29 is 0 Å². The maximum absolute atomic E-state index is 4.64. The van der Waals surface area contributed by atoms with Crippen LogP contribution in [0.2, 0.25) is 0 Å². The first-order chi connectivity index (χ1) is 11.3. The van der Waals surface area contributed by atoms with Gasteiger partial charge < -0.3 is 4.90 Å². The van der Waals surface area contributed by atoms with Gasteiger partial charge in [-0.1, -0.05) is 66.7 Å². The highest BCUT2D eigenvalue weighted by molar-refractivity contribution is 5.63. The smallest absolute Gasteiger partial charge is 0.233 e. The Balaban J connectivity index is 2.15. The Bertz CT molecular complexity index is 740. The van der Waals surface area contributed by atoms with E-state index in [4.69, 9.17) is 0 Å². The number of aromatic nitrogens is 3. The molecule has 3 aromatic rings. The van der Waals surface area contributed by atoms with E-state index in [9.17, 15) is 0 Å². The molecule has 4 heteroatoms. The summed E-state index contributed by atoms with van der Waals surface area (Å²) in [5, 5.41) is 0. The van der Waals surface area contributed by atoms with Gasteiger partial charge in [0.1, 0.15) is 0 Å². The van der Waals surface area contributed by atoms with Gasteiger partial charge in [0.25, 0.3) is 0 Å². The second-order valence-corrected chi connectivity index (χ2v) is 5.11. The molecule has 0 saturated carbocycles. The van der Waals surface area contributed by atoms with Gasteiger partial charge in [0, 0.05) is 24.4 Å². The molecule has 1 aromatic heterocycles. The fourth-order valence-corrected chi connectivity index (χ4v) is 2.25. The van der Waals surface area contributed by atoms with Crippen molar-refractivity contribution in [2.75, 3.05) is 11.9 Å². The highest BCUT2D eigenvalue weighted by Crippen LogP contribution is 2.22. The third-order valence-electron chi connectivity index (χ3n) is 3.38. The second-order valence-electron chi connectivity index (χ2n) is 5.11. The lowest BCUT2D eigenvalue weighted by Gasteiger charge is -2.14. The average molecular weight is 302 g/mol. The van der Waals surface area contributed by atoms with E-state index in [2.05, 4.69) is 15.0 Å².